The SMILES string of the molecule is CCOCCN=C(NCCc1ccco1)NC1CCCC1. The highest BCUT2D eigenvalue weighted by molar-refractivity contribution is 5.80. The van der Waals surface area contributed by atoms with E-state index in [1.807, 2.05) is 19.1 Å². The van der Waals surface area contributed by atoms with Gasteiger partial charge in [-0.15, -0.1) is 0 Å². The number of furan rings is 1. The van der Waals surface area contributed by atoms with Crippen molar-refractivity contribution in [3.05, 3.63) is 24.2 Å². The van der Waals surface area contributed by atoms with E-state index in [4.69, 9.17) is 9.15 Å². The maximum absolute atomic E-state index is 5.34. The van der Waals surface area contributed by atoms with Crippen LogP contribution in [0.3, 0.4) is 0 Å². The number of guanidine groups is 1. The summed E-state index contributed by atoms with van der Waals surface area (Å²) in [5.74, 6) is 1.89. The smallest absolute Gasteiger partial charge is 0.191 e. The van der Waals surface area contributed by atoms with Gasteiger partial charge in [-0.3, -0.25) is 4.99 Å². The maximum Gasteiger partial charge on any atom is 0.191 e. The lowest BCUT2D eigenvalue weighted by molar-refractivity contribution is 0.155. The van der Waals surface area contributed by atoms with Crippen LogP contribution in [0.5, 0.6) is 0 Å². The van der Waals surface area contributed by atoms with Gasteiger partial charge in [0.25, 0.3) is 0 Å². The molecule has 0 spiro atoms. The predicted molar refractivity (Wildman–Crippen MR) is 84.6 cm³/mol. The third-order valence-corrected chi connectivity index (χ3v) is 3.65. The first-order valence-electron chi connectivity index (χ1n) is 8.03. The van der Waals surface area contributed by atoms with Gasteiger partial charge in [0.15, 0.2) is 5.96 Å². The van der Waals surface area contributed by atoms with E-state index < -0.39 is 0 Å². The highest BCUT2D eigenvalue weighted by Gasteiger charge is 2.15. The number of ether oxygens (including phenoxy) is 1. The summed E-state index contributed by atoms with van der Waals surface area (Å²) < 4.78 is 10.7. The van der Waals surface area contributed by atoms with Crippen molar-refractivity contribution in [2.45, 2.75) is 45.1 Å². The molecule has 1 aliphatic carbocycles. The second-order valence-electron chi connectivity index (χ2n) is 5.31. The molecule has 0 saturated heterocycles. The zero-order valence-corrected chi connectivity index (χ0v) is 12.9. The Balaban J connectivity index is 1.75. The molecule has 118 valence electrons. The van der Waals surface area contributed by atoms with Crippen LogP contribution in [0.25, 0.3) is 0 Å². The quantitative estimate of drug-likeness (QED) is 0.439. The van der Waals surface area contributed by atoms with Crippen molar-refractivity contribution >= 4 is 5.96 Å². The van der Waals surface area contributed by atoms with Crippen LogP contribution in [0.15, 0.2) is 27.8 Å². The molecule has 0 amide bonds. The second kappa shape index (κ2) is 9.45. The highest BCUT2D eigenvalue weighted by atomic mass is 16.5. The highest BCUT2D eigenvalue weighted by Crippen LogP contribution is 2.17. The van der Waals surface area contributed by atoms with Crippen LogP contribution in [0.4, 0.5) is 0 Å². The molecule has 1 aromatic rings. The van der Waals surface area contributed by atoms with Gasteiger partial charge in [0.2, 0.25) is 0 Å². The molecule has 1 saturated carbocycles. The largest absolute Gasteiger partial charge is 0.469 e. The van der Waals surface area contributed by atoms with Crippen molar-refractivity contribution in [3.8, 4) is 0 Å². The summed E-state index contributed by atoms with van der Waals surface area (Å²) in [6.07, 6.45) is 7.69. The number of aliphatic imine (C=N–C) groups is 1. The Morgan fingerprint density at radius 2 is 2.29 bits per heavy atom. The summed E-state index contributed by atoms with van der Waals surface area (Å²) in [7, 11) is 0. The molecule has 0 atom stereocenters. The minimum Gasteiger partial charge on any atom is -0.469 e. The molecular weight excluding hydrogens is 266 g/mol. The van der Waals surface area contributed by atoms with Crippen LogP contribution in [0.2, 0.25) is 0 Å². The van der Waals surface area contributed by atoms with Gasteiger partial charge >= 0.3 is 0 Å². The average molecular weight is 293 g/mol. The number of nitrogens with zero attached hydrogens (tertiary/aromatic N) is 1. The van der Waals surface area contributed by atoms with Gasteiger partial charge in [-0.2, -0.15) is 0 Å². The summed E-state index contributed by atoms with van der Waals surface area (Å²) in [4.78, 5) is 4.58. The lowest BCUT2D eigenvalue weighted by Crippen LogP contribution is -2.43. The van der Waals surface area contributed by atoms with Gasteiger partial charge in [-0.05, 0) is 31.9 Å². The van der Waals surface area contributed by atoms with Gasteiger partial charge in [0.05, 0.1) is 19.4 Å². The molecule has 1 fully saturated rings. The lowest BCUT2D eigenvalue weighted by atomic mass is 10.2. The molecule has 21 heavy (non-hydrogen) atoms. The lowest BCUT2D eigenvalue weighted by Gasteiger charge is -2.17. The van der Waals surface area contributed by atoms with Crippen LogP contribution in [-0.4, -0.2) is 38.3 Å². The van der Waals surface area contributed by atoms with Gasteiger partial charge in [0.1, 0.15) is 5.76 Å². The third-order valence-electron chi connectivity index (χ3n) is 3.65. The molecule has 1 aromatic heterocycles. The molecule has 2 rings (SSSR count). The third kappa shape index (κ3) is 6.21. The van der Waals surface area contributed by atoms with E-state index in [-0.39, 0.29) is 0 Å². The zero-order valence-electron chi connectivity index (χ0n) is 12.9. The van der Waals surface area contributed by atoms with Crippen molar-refractivity contribution in [2.24, 2.45) is 4.99 Å². The molecule has 1 heterocycles. The van der Waals surface area contributed by atoms with E-state index in [0.717, 1.165) is 31.3 Å². The Kier molecular flexibility index (Phi) is 7.15. The second-order valence-corrected chi connectivity index (χ2v) is 5.31. The topological polar surface area (TPSA) is 58.8 Å². The van der Waals surface area contributed by atoms with Crippen molar-refractivity contribution in [2.75, 3.05) is 26.3 Å². The van der Waals surface area contributed by atoms with Crippen molar-refractivity contribution in [1.29, 1.82) is 0 Å². The van der Waals surface area contributed by atoms with E-state index in [0.29, 0.717) is 19.2 Å². The molecule has 1 aliphatic rings. The first-order valence-corrected chi connectivity index (χ1v) is 8.03. The Morgan fingerprint density at radius 1 is 1.43 bits per heavy atom. The summed E-state index contributed by atoms with van der Waals surface area (Å²) in [5.41, 5.74) is 0. The number of rotatable bonds is 8. The van der Waals surface area contributed by atoms with Crippen LogP contribution < -0.4 is 10.6 Å². The normalized spacial score (nSPS) is 16.3. The summed E-state index contributed by atoms with van der Waals surface area (Å²) in [5, 5.41) is 6.91. The van der Waals surface area contributed by atoms with E-state index >= 15 is 0 Å². The van der Waals surface area contributed by atoms with Crippen molar-refractivity contribution in [3.63, 3.8) is 0 Å². The van der Waals surface area contributed by atoms with Crippen LogP contribution in [-0.2, 0) is 11.2 Å². The fourth-order valence-corrected chi connectivity index (χ4v) is 2.54. The van der Waals surface area contributed by atoms with E-state index in [2.05, 4.69) is 15.6 Å². The van der Waals surface area contributed by atoms with E-state index in [1.54, 1.807) is 6.26 Å². The fraction of sp³-hybridized carbons (Fsp3) is 0.688. The van der Waals surface area contributed by atoms with Gasteiger partial charge in [0, 0.05) is 25.6 Å². The molecule has 0 bridgehead atoms. The monoisotopic (exact) mass is 293 g/mol. The molecular formula is C16H27N3O2. The van der Waals surface area contributed by atoms with Gasteiger partial charge in [-0.25, -0.2) is 0 Å². The van der Waals surface area contributed by atoms with Crippen LogP contribution in [0.1, 0.15) is 38.4 Å². The molecule has 0 aliphatic heterocycles. The average Bonchev–Trinajstić information content (AvgIpc) is 3.16. The van der Waals surface area contributed by atoms with E-state index in [1.165, 1.54) is 25.7 Å². The molecule has 2 N–H and O–H groups in total. The Bertz CT molecular complexity index is 398. The standard InChI is InChI=1S/C16H27N3O2/c1-2-20-13-11-18-16(19-14-6-3-4-7-14)17-10-9-15-8-5-12-21-15/h5,8,12,14H,2-4,6-7,9-11,13H2,1H3,(H2,17,18,19). The fourth-order valence-electron chi connectivity index (χ4n) is 2.54. The molecule has 5 heteroatoms. The molecule has 0 unspecified atom stereocenters. The van der Waals surface area contributed by atoms with E-state index in [9.17, 15) is 0 Å². The van der Waals surface area contributed by atoms with Crippen LogP contribution >= 0.6 is 0 Å². The zero-order chi connectivity index (χ0) is 14.8. The summed E-state index contributed by atoms with van der Waals surface area (Å²) >= 11 is 0. The number of nitrogens with one attached hydrogen (secondary N) is 2. The van der Waals surface area contributed by atoms with Crippen molar-refractivity contribution < 1.29 is 9.15 Å². The summed E-state index contributed by atoms with van der Waals surface area (Å²) in [6, 6.07) is 4.48. The first kappa shape index (κ1) is 15.9. The Labute approximate surface area is 127 Å². The van der Waals surface area contributed by atoms with Crippen LogP contribution in [0, 0.1) is 0 Å². The van der Waals surface area contributed by atoms with Gasteiger partial charge < -0.3 is 19.8 Å². The predicted octanol–water partition coefficient (Wildman–Crippen LogP) is 2.34. The Morgan fingerprint density at radius 3 is 3.00 bits per heavy atom. The molecule has 0 radical (unpaired) electrons. The Hall–Kier alpha value is -1.49. The molecule has 5 nitrogen and oxygen atoms in total. The maximum atomic E-state index is 5.34. The number of hydrogen-bond acceptors (Lipinski definition) is 3. The summed E-state index contributed by atoms with van der Waals surface area (Å²) in [6.45, 7) is 4.93. The molecule has 0 aromatic carbocycles. The van der Waals surface area contributed by atoms with Gasteiger partial charge in [-0.1, -0.05) is 12.8 Å². The first-order chi connectivity index (χ1) is 10.4. The number of hydrogen-bond donors (Lipinski definition) is 2. The van der Waals surface area contributed by atoms with Crippen molar-refractivity contribution in [1.82, 2.24) is 10.6 Å². The minimum atomic E-state index is 0.562. The minimum absolute atomic E-state index is 0.562.